The maximum Gasteiger partial charge on any atom is 0.271 e. The lowest BCUT2D eigenvalue weighted by molar-refractivity contribution is 0.0955. The van der Waals surface area contributed by atoms with E-state index in [1.807, 2.05) is 66.7 Å². The fourth-order valence-electron chi connectivity index (χ4n) is 4.37. The maximum absolute atomic E-state index is 12.8. The first kappa shape index (κ1) is 28.6. The number of hydrazone groups is 1. The molecule has 0 atom stereocenters. The highest BCUT2D eigenvalue weighted by molar-refractivity contribution is 14.1. The molecule has 0 spiro atoms. The lowest BCUT2D eigenvalue weighted by Crippen LogP contribution is -2.17. The van der Waals surface area contributed by atoms with Gasteiger partial charge in [0.05, 0.1) is 19.0 Å². The Morgan fingerprint density at radius 3 is 2.39 bits per heavy atom. The van der Waals surface area contributed by atoms with Crippen molar-refractivity contribution in [2.45, 2.75) is 13.5 Å². The van der Waals surface area contributed by atoms with Crippen molar-refractivity contribution >= 4 is 50.6 Å². The van der Waals surface area contributed by atoms with Gasteiger partial charge in [0, 0.05) is 30.6 Å². The van der Waals surface area contributed by atoms with Gasteiger partial charge in [-0.3, -0.25) is 4.79 Å². The van der Waals surface area contributed by atoms with Gasteiger partial charge in [-0.25, -0.2) is 5.43 Å². The predicted octanol–water partition coefficient (Wildman–Crippen LogP) is 8.17. The van der Waals surface area contributed by atoms with Crippen molar-refractivity contribution in [3.8, 4) is 28.4 Å². The number of hydrogen-bond acceptors (Lipinski definition) is 4. The normalized spacial score (nSPS) is 11.0. The Morgan fingerprint density at radius 1 is 0.951 bits per heavy atom. The summed E-state index contributed by atoms with van der Waals surface area (Å²) >= 11 is 5.84. The van der Waals surface area contributed by atoms with Crippen molar-refractivity contribution in [2.24, 2.45) is 5.10 Å². The topological polar surface area (TPSA) is 64.8 Å². The van der Waals surface area contributed by atoms with Crippen LogP contribution in [0.5, 0.6) is 11.5 Å². The molecule has 0 fully saturated rings. The summed E-state index contributed by atoms with van der Waals surface area (Å²) in [5.41, 5.74) is 9.22. The standard InChI is InChI=1S/C33H27BrIN3O3/c1-22-8-17-30(24-6-4-3-5-7-24)38(22)28-15-11-25(12-16-28)33(39)37-36-20-26-18-31(40-2)32(19-29(26)34)41-21-23-9-13-27(35)14-10-23/h3-20H,21H2,1-2H3,(H,37,39)/b36-20+. The average Bonchev–Trinajstić information content (AvgIpc) is 3.39. The molecule has 1 aromatic heterocycles. The van der Waals surface area contributed by atoms with Gasteiger partial charge < -0.3 is 14.0 Å². The highest BCUT2D eigenvalue weighted by atomic mass is 127. The third kappa shape index (κ3) is 6.89. The number of nitrogens with one attached hydrogen (secondary N) is 1. The second-order valence-corrected chi connectivity index (χ2v) is 11.3. The molecule has 0 aliphatic rings. The monoisotopic (exact) mass is 719 g/mol. The molecule has 0 saturated carbocycles. The van der Waals surface area contributed by atoms with Crippen LogP contribution in [-0.4, -0.2) is 23.8 Å². The van der Waals surface area contributed by atoms with Gasteiger partial charge >= 0.3 is 0 Å². The molecule has 0 bridgehead atoms. The van der Waals surface area contributed by atoms with Crippen LogP contribution < -0.4 is 14.9 Å². The van der Waals surface area contributed by atoms with Gasteiger partial charge in [-0.15, -0.1) is 0 Å². The highest BCUT2D eigenvalue weighted by Crippen LogP contribution is 2.33. The maximum atomic E-state index is 12.8. The van der Waals surface area contributed by atoms with Gasteiger partial charge in [0.1, 0.15) is 6.61 Å². The molecule has 6 nitrogen and oxygen atoms in total. The van der Waals surface area contributed by atoms with E-state index >= 15 is 0 Å². The third-order valence-electron chi connectivity index (χ3n) is 6.49. The summed E-state index contributed by atoms with van der Waals surface area (Å²) in [6.07, 6.45) is 1.57. The second-order valence-electron chi connectivity index (χ2n) is 9.25. The van der Waals surface area contributed by atoms with E-state index in [1.54, 1.807) is 25.5 Å². The number of rotatable bonds is 9. The number of methoxy groups -OCH3 is 1. The van der Waals surface area contributed by atoms with E-state index in [0.29, 0.717) is 23.7 Å². The quantitative estimate of drug-likeness (QED) is 0.0950. The van der Waals surface area contributed by atoms with Crippen LogP contribution in [0, 0.1) is 10.5 Å². The summed E-state index contributed by atoms with van der Waals surface area (Å²) in [6, 6.07) is 33.7. The second kappa shape index (κ2) is 13.2. The molecular formula is C33H27BrIN3O3. The number of aryl methyl sites for hydroxylation is 1. The van der Waals surface area contributed by atoms with Gasteiger partial charge in [0.25, 0.3) is 5.91 Å². The van der Waals surface area contributed by atoms with Gasteiger partial charge in [-0.05, 0) is 117 Å². The SMILES string of the molecule is COc1cc(/C=N/NC(=O)c2ccc(-n3c(C)ccc3-c3ccccc3)cc2)c(Br)cc1OCc1ccc(I)cc1. The van der Waals surface area contributed by atoms with Crippen LogP contribution in [0.25, 0.3) is 16.9 Å². The molecule has 1 amide bonds. The number of aromatic nitrogens is 1. The van der Waals surface area contributed by atoms with Crippen molar-refractivity contribution in [3.63, 3.8) is 0 Å². The number of carbonyl (C=O) groups excluding carboxylic acids is 1. The number of benzene rings is 4. The molecule has 0 aliphatic carbocycles. The van der Waals surface area contributed by atoms with Crippen molar-refractivity contribution < 1.29 is 14.3 Å². The van der Waals surface area contributed by atoms with E-state index < -0.39 is 0 Å². The largest absolute Gasteiger partial charge is 0.493 e. The molecule has 5 aromatic rings. The summed E-state index contributed by atoms with van der Waals surface area (Å²) in [6.45, 7) is 2.48. The number of nitrogens with zero attached hydrogens (tertiary/aromatic N) is 2. The van der Waals surface area contributed by atoms with Crippen LogP contribution in [0.2, 0.25) is 0 Å². The Morgan fingerprint density at radius 2 is 1.68 bits per heavy atom. The predicted molar refractivity (Wildman–Crippen MR) is 175 cm³/mol. The van der Waals surface area contributed by atoms with Crippen LogP contribution in [0.15, 0.2) is 113 Å². The minimum Gasteiger partial charge on any atom is -0.493 e. The molecule has 0 radical (unpaired) electrons. The van der Waals surface area contributed by atoms with Gasteiger partial charge in [-0.2, -0.15) is 5.10 Å². The first-order chi connectivity index (χ1) is 19.9. The first-order valence-electron chi connectivity index (χ1n) is 12.9. The van der Waals surface area contributed by atoms with Crippen molar-refractivity contribution in [1.29, 1.82) is 0 Å². The van der Waals surface area contributed by atoms with Gasteiger partial charge in [0.15, 0.2) is 11.5 Å². The minimum atomic E-state index is -0.305. The molecule has 5 rings (SSSR count). The first-order valence-corrected chi connectivity index (χ1v) is 14.7. The van der Waals surface area contributed by atoms with Crippen molar-refractivity contribution in [1.82, 2.24) is 9.99 Å². The van der Waals surface area contributed by atoms with Gasteiger partial charge in [-0.1, -0.05) is 42.5 Å². The lowest BCUT2D eigenvalue weighted by Gasteiger charge is -2.13. The van der Waals surface area contributed by atoms with Crippen molar-refractivity contribution in [2.75, 3.05) is 7.11 Å². The van der Waals surface area contributed by atoms with Crippen LogP contribution >= 0.6 is 38.5 Å². The molecule has 1 N–H and O–H groups in total. The summed E-state index contributed by atoms with van der Waals surface area (Å²) in [7, 11) is 1.59. The molecule has 41 heavy (non-hydrogen) atoms. The van der Waals surface area contributed by atoms with E-state index in [0.717, 1.165) is 38.2 Å². The molecule has 0 aliphatic heterocycles. The molecule has 8 heteroatoms. The molecular weight excluding hydrogens is 693 g/mol. The molecule has 206 valence electrons. The molecule has 4 aromatic carbocycles. The minimum absolute atomic E-state index is 0.305. The van der Waals surface area contributed by atoms with E-state index in [-0.39, 0.29) is 5.91 Å². The number of ether oxygens (including phenoxy) is 2. The lowest BCUT2D eigenvalue weighted by atomic mass is 10.1. The zero-order valence-corrected chi connectivity index (χ0v) is 26.2. The van der Waals surface area contributed by atoms with Gasteiger partial charge in [0.2, 0.25) is 0 Å². The average molecular weight is 720 g/mol. The number of carbonyl (C=O) groups is 1. The smallest absolute Gasteiger partial charge is 0.271 e. The Hall–Kier alpha value is -3.89. The fourth-order valence-corrected chi connectivity index (χ4v) is 5.15. The van der Waals surface area contributed by atoms with Crippen LogP contribution in [-0.2, 0) is 6.61 Å². The van der Waals surface area contributed by atoms with Crippen molar-refractivity contribution in [3.05, 3.63) is 134 Å². The highest BCUT2D eigenvalue weighted by Gasteiger charge is 2.12. The molecule has 0 unspecified atom stereocenters. The number of halogens is 2. The van der Waals surface area contributed by atoms with E-state index in [1.165, 1.54) is 3.57 Å². The zero-order valence-electron chi connectivity index (χ0n) is 22.5. The van der Waals surface area contributed by atoms with E-state index in [9.17, 15) is 4.79 Å². The fraction of sp³-hybridized carbons (Fsp3) is 0.0909. The Labute approximate surface area is 261 Å². The third-order valence-corrected chi connectivity index (χ3v) is 7.90. The Balaban J connectivity index is 1.25. The Bertz CT molecular complexity index is 1680. The summed E-state index contributed by atoms with van der Waals surface area (Å²) in [5.74, 6) is 0.866. The van der Waals surface area contributed by atoms with Crippen LogP contribution in [0.1, 0.15) is 27.2 Å². The Kier molecular flexibility index (Phi) is 9.21. The van der Waals surface area contributed by atoms with E-state index in [4.69, 9.17) is 9.47 Å². The molecule has 1 heterocycles. The number of hydrogen-bond donors (Lipinski definition) is 1. The van der Waals surface area contributed by atoms with Crippen LogP contribution in [0.3, 0.4) is 0 Å². The number of amides is 1. The summed E-state index contributed by atoms with van der Waals surface area (Å²) in [4.78, 5) is 12.8. The van der Waals surface area contributed by atoms with E-state index in [2.05, 4.69) is 84.8 Å². The molecule has 0 saturated heterocycles. The van der Waals surface area contributed by atoms with Crippen LogP contribution in [0.4, 0.5) is 0 Å². The summed E-state index contributed by atoms with van der Waals surface area (Å²) < 4.78 is 15.6. The summed E-state index contributed by atoms with van der Waals surface area (Å²) in [5, 5.41) is 4.17. The zero-order chi connectivity index (χ0) is 28.8.